The van der Waals surface area contributed by atoms with Crippen molar-refractivity contribution >= 4 is 11.6 Å². The molecule has 1 fully saturated rings. The summed E-state index contributed by atoms with van der Waals surface area (Å²) in [6.45, 7) is 0. The van der Waals surface area contributed by atoms with E-state index in [4.69, 9.17) is 16.1 Å². The molecule has 0 radical (unpaired) electrons. The number of hydrogen-bond acceptors (Lipinski definition) is 3. The van der Waals surface area contributed by atoms with Crippen molar-refractivity contribution < 1.29 is 4.52 Å². The largest absolute Gasteiger partial charge is 0.321 e. The van der Waals surface area contributed by atoms with Crippen LogP contribution in [0.4, 0.5) is 0 Å². The fourth-order valence-electron chi connectivity index (χ4n) is 1.67. The topological polar surface area (TPSA) is 38.9 Å². The standard InChI is InChI=1S/C11H9ClN2O/c12-11-13-10(14-15-11)9-3-1-2-8(6-9)7-4-5-7/h1-3,6-7H,4-5H2. The van der Waals surface area contributed by atoms with E-state index >= 15 is 0 Å². The lowest BCUT2D eigenvalue weighted by Gasteiger charge is -1.99. The molecule has 1 aromatic heterocycles. The molecule has 0 amide bonds. The van der Waals surface area contributed by atoms with Crippen LogP contribution in [0.1, 0.15) is 24.3 Å². The van der Waals surface area contributed by atoms with Gasteiger partial charge in [0.15, 0.2) is 0 Å². The molecule has 0 atom stereocenters. The van der Waals surface area contributed by atoms with E-state index in [1.54, 1.807) is 0 Å². The van der Waals surface area contributed by atoms with E-state index in [1.807, 2.05) is 12.1 Å². The van der Waals surface area contributed by atoms with Crippen LogP contribution in [0.2, 0.25) is 5.35 Å². The van der Waals surface area contributed by atoms with Crippen LogP contribution in [-0.2, 0) is 0 Å². The average molecular weight is 221 g/mol. The van der Waals surface area contributed by atoms with E-state index in [0.29, 0.717) is 5.82 Å². The molecule has 0 spiro atoms. The molecule has 15 heavy (non-hydrogen) atoms. The zero-order valence-electron chi connectivity index (χ0n) is 7.98. The Balaban J connectivity index is 2.00. The Labute approximate surface area is 92.1 Å². The van der Waals surface area contributed by atoms with Gasteiger partial charge in [0, 0.05) is 5.56 Å². The molecule has 2 aromatic rings. The summed E-state index contributed by atoms with van der Waals surface area (Å²) in [4.78, 5) is 3.99. The van der Waals surface area contributed by atoms with E-state index < -0.39 is 0 Å². The highest BCUT2D eigenvalue weighted by Gasteiger charge is 2.23. The summed E-state index contributed by atoms with van der Waals surface area (Å²) >= 11 is 5.58. The van der Waals surface area contributed by atoms with Crippen LogP contribution in [0, 0.1) is 0 Å². The van der Waals surface area contributed by atoms with Crippen molar-refractivity contribution in [2.24, 2.45) is 0 Å². The molecule has 0 unspecified atom stereocenters. The van der Waals surface area contributed by atoms with E-state index in [2.05, 4.69) is 22.3 Å². The Hall–Kier alpha value is -1.35. The van der Waals surface area contributed by atoms with Crippen molar-refractivity contribution in [1.29, 1.82) is 0 Å². The summed E-state index contributed by atoms with van der Waals surface area (Å²) in [7, 11) is 0. The molecule has 1 aliphatic rings. The molecule has 0 N–H and O–H groups in total. The van der Waals surface area contributed by atoms with Crippen LogP contribution in [0.15, 0.2) is 28.8 Å². The molecular weight excluding hydrogens is 212 g/mol. The number of hydrogen-bond donors (Lipinski definition) is 0. The summed E-state index contributed by atoms with van der Waals surface area (Å²) in [5, 5.41) is 3.87. The van der Waals surface area contributed by atoms with Gasteiger partial charge in [0.25, 0.3) is 0 Å². The van der Waals surface area contributed by atoms with Crippen molar-refractivity contribution in [3.8, 4) is 11.4 Å². The van der Waals surface area contributed by atoms with Crippen molar-refractivity contribution in [2.45, 2.75) is 18.8 Å². The minimum absolute atomic E-state index is 0.0850. The van der Waals surface area contributed by atoms with Gasteiger partial charge >= 0.3 is 5.35 Å². The minimum Gasteiger partial charge on any atom is -0.321 e. The Morgan fingerprint density at radius 3 is 2.87 bits per heavy atom. The average Bonchev–Trinajstić information content (AvgIpc) is 3.02. The summed E-state index contributed by atoms with van der Waals surface area (Å²) < 4.78 is 4.74. The first kappa shape index (κ1) is 8.92. The molecule has 4 heteroatoms. The first-order chi connectivity index (χ1) is 7.33. The van der Waals surface area contributed by atoms with Gasteiger partial charge in [-0.05, 0) is 42.0 Å². The highest BCUT2D eigenvalue weighted by atomic mass is 35.5. The van der Waals surface area contributed by atoms with Crippen LogP contribution >= 0.6 is 11.6 Å². The van der Waals surface area contributed by atoms with Gasteiger partial charge in [-0.25, -0.2) is 0 Å². The monoisotopic (exact) mass is 220 g/mol. The van der Waals surface area contributed by atoms with Gasteiger partial charge in [-0.15, -0.1) is 0 Å². The molecule has 3 rings (SSSR count). The fraction of sp³-hybridized carbons (Fsp3) is 0.273. The van der Waals surface area contributed by atoms with Gasteiger partial charge in [0.1, 0.15) is 0 Å². The molecule has 76 valence electrons. The first-order valence-electron chi connectivity index (χ1n) is 4.92. The lowest BCUT2D eigenvalue weighted by Crippen LogP contribution is -1.83. The number of aromatic nitrogens is 2. The maximum Gasteiger partial charge on any atom is 0.320 e. The highest BCUT2D eigenvalue weighted by Crippen LogP contribution is 2.40. The molecule has 1 heterocycles. The van der Waals surface area contributed by atoms with E-state index in [0.717, 1.165) is 11.5 Å². The van der Waals surface area contributed by atoms with Crippen molar-refractivity contribution in [3.05, 3.63) is 35.2 Å². The second-order valence-electron chi connectivity index (χ2n) is 3.77. The smallest absolute Gasteiger partial charge is 0.320 e. The minimum atomic E-state index is 0.0850. The predicted octanol–water partition coefficient (Wildman–Crippen LogP) is 3.27. The third-order valence-electron chi connectivity index (χ3n) is 2.59. The molecule has 0 saturated heterocycles. The van der Waals surface area contributed by atoms with Crippen LogP contribution in [0.5, 0.6) is 0 Å². The molecule has 1 saturated carbocycles. The molecular formula is C11H9ClN2O. The third-order valence-corrected chi connectivity index (χ3v) is 2.75. The zero-order chi connectivity index (χ0) is 10.3. The van der Waals surface area contributed by atoms with Crippen LogP contribution in [-0.4, -0.2) is 10.1 Å². The van der Waals surface area contributed by atoms with Crippen LogP contribution in [0.25, 0.3) is 11.4 Å². The van der Waals surface area contributed by atoms with Gasteiger partial charge < -0.3 is 4.52 Å². The molecule has 1 aliphatic carbocycles. The highest BCUT2D eigenvalue weighted by molar-refractivity contribution is 6.27. The van der Waals surface area contributed by atoms with E-state index in [1.165, 1.54) is 18.4 Å². The number of rotatable bonds is 2. The Morgan fingerprint density at radius 1 is 1.33 bits per heavy atom. The Kier molecular flexibility index (Phi) is 1.99. The van der Waals surface area contributed by atoms with E-state index in [9.17, 15) is 0 Å². The summed E-state index contributed by atoms with van der Waals surface area (Å²) in [5.41, 5.74) is 2.32. The molecule has 3 nitrogen and oxygen atoms in total. The lowest BCUT2D eigenvalue weighted by atomic mass is 10.1. The number of halogens is 1. The summed E-state index contributed by atoms with van der Waals surface area (Å²) in [6, 6.07) is 8.24. The predicted molar refractivity (Wildman–Crippen MR) is 56.7 cm³/mol. The summed E-state index contributed by atoms with van der Waals surface area (Å²) in [6.07, 6.45) is 2.58. The van der Waals surface area contributed by atoms with Crippen molar-refractivity contribution in [2.75, 3.05) is 0 Å². The maximum absolute atomic E-state index is 5.58. The van der Waals surface area contributed by atoms with Crippen molar-refractivity contribution in [1.82, 2.24) is 10.1 Å². The summed E-state index contributed by atoms with van der Waals surface area (Å²) in [5.74, 6) is 1.29. The SMILES string of the molecule is Clc1nc(-c2cccc(C3CC3)c2)no1. The fourth-order valence-corrected chi connectivity index (χ4v) is 1.79. The molecule has 1 aromatic carbocycles. The normalized spacial score (nSPS) is 15.5. The van der Waals surface area contributed by atoms with Gasteiger partial charge in [-0.3, -0.25) is 0 Å². The zero-order valence-corrected chi connectivity index (χ0v) is 8.74. The maximum atomic E-state index is 5.58. The molecule has 0 bridgehead atoms. The number of benzene rings is 1. The van der Waals surface area contributed by atoms with Gasteiger partial charge in [-0.1, -0.05) is 23.4 Å². The van der Waals surface area contributed by atoms with Gasteiger partial charge in [0.05, 0.1) is 0 Å². The van der Waals surface area contributed by atoms with Crippen LogP contribution < -0.4 is 0 Å². The second-order valence-corrected chi connectivity index (χ2v) is 4.09. The number of nitrogens with zero attached hydrogens (tertiary/aromatic N) is 2. The third kappa shape index (κ3) is 1.75. The van der Waals surface area contributed by atoms with Gasteiger partial charge in [-0.2, -0.15) is 4.98 Å². The Morgan fingerprint density at radius 2 is 2.20 bits per heavy atom. The van der Waals surface area contributed by atoms with Crippen molar-refractivity contribution in [3.63, 3.8) is 0 Å². The molecule has 0 aliphatic heterocycles. The second kappa shape index (κ2) is 3.35. The lowest BCUT2D eigenvalue weighted by molar-refractivity contribution is 0.421. The van der Waals surface area contributed by atoms with Crippen LogP contribution in [0.3, 0.4) is 0 Å². The first-order valence-corrected chi connectivity index (χ1v) is 5.30. The Bertz CT molecular complexity index is 491. The van der Waals surface area contributed by atoms with Gasteiger partial charge in [0.2, 0.25) is 5.82 Å². The van der Waals surface area contributed by atoms with E-state index in [-0.39, 0.29) is 5.35 Å². The quantitative estimate of drug-likeness (QED) is 0.780.